The van der Waals surface area contributed by atoms with Gasteiger partial charge in [-0.1, -0.05) is 26.0 Å². The molecule has 6 heteroatoms. The fourth-order valence-electron chi connectivity index (χ4n) is 2.73. The quantitative estimate of drug-likeness (QED) is 0.826. The van der Waals surface area contributed by atoms with Crippen LogP contribution in [0.5, 0.6) is 0 Å². The maximum absolute atomic E-state index is 12.7. The van der Waals surface area contributed by atoms with E-state index in [0.717, 1.165) is 19.6 Å². The molecule has 1 heterocycles. The molecule has 1 aliphatic rings. The van der Waals surface area contributed by atoms with Crippen LogP contribution in [0.4, 0.5) is 0 Å². The molecule has 0 saturated carbocycles. The van der Waals surface area contributed by atoms with E-state index in [-0.39, 0.29) is 16.6 Å². The minimum absolute atomic E-state index is 0.0703. The smallest absolute Gasteiger partial charge is 0.255 e. The third-order valence-corrected chi connectivity index (χ3v) is 6.00. The summed E-state index contributed by atoms with van der Waals surface area (Å²) in [7, 11) is -3.40. The van der Waals surface area contributed by atoms with Crippen molar-refractivity contribution in [2.24, 2.45) is 0 Å². The van der Waals surface area contributed by atoms with Crippen molar-refractivity contribution in [3.63, 3.8) is 0 Å². The molecule has 1 saturated heterocycles. The number of rotatable bonds is 5. The molecule has 22 heavy (non-hydrogen) atoms. The highest BCUT2D eigenvalue weighted by molar-refractivity contribution is 7.91. The van der Waals surface area contributed by atoms with Crippen molar-refractivity contribution < 1.29 is 13.2 Å². The summed E-state index contributed by atoms with van der Waals surface area (Å²) < 4.78 is 24.7. The molecule has 122 valence electrons. The van der Waals surface area contributed by atoms with E-state index in [4.69, 9.17) is 0 Å². The summed E-state index contributed by atoms with van der Waals surface area (Å²) in [6, 6.07) is 6.56. The van der Waals surface area contributed by atoms with Crippen molar-refractivity contribution in [1.29, 1.82) is 0 Å². The van der Waals surface area contributed by atoms with Crippen LogP contribution in [0, 0.1) is 0 Å². The molecular formula is C16H24N2O3S. The van der Waals surface area contributed by atoms with Gasteiger partial charge in [-0.15, -0.1) is 0 Å². The highest BCUT2D eigenvalue weighted by Gasteiger charge is 2.26. The normalized spacial score (nSPS) is 16.7. The minimum atomic E-state index is -3.40. The van der Waals surface area contributed by atoms with Crippen LogP contribution in [0.1, 0.15) is 30.6 Å². The number of piperazine rings is 1. The van der Waals surface area contributed by atoms with E-state index in [1.807, 2.05) is 6.92 Å². The molecule has 0 radical (unpaired) electrons. The Balaban J connectivity index is 2.24. The number of likely N-dealkylation sites (N-methyl/N-ethyl adjacent to an activating group) is 1. The second-order valence-corrected chi connectivity index (χ2v) is 7.62. The molecule has 1 aromatic carbocycles. The van der Waals surface area contributed by atoms with E-state index >= 15 is 0 Å². The molecule has 0 N–H and O–H groups in total. The Kier molecular flexibility index (Phi) is 5.58. The highest BCUT2D eigenvalue weighted by atomic mass is 32.2. The molecular weight excluding hydrogens is 300 g/mol. The Bertz CT molecular complexity index is 620. The maximum atomic E-state index is 12.7. The van der Waals surface area contributed by atoms with Crippen molar-refractivity contribution in [2.45, 2.75) is 25.2 Å². The fourth-order valence-corrected chi connectivity index (χ4v) is 4.26. The Morgan fingerprint density at radius 1 is 1.09 bits per heavy atom. The summed E-state index contributed by atoms with van der Waals surface area (Å²) in [5, 5.41) is 0. The SMILES string of the molecule is CCCS(=O)(=O)c1ccccc1C(=O)N1CCN(CC)CC1. The van der Waals surface area contributed by atoms with E-state index in [1.165, 1.54) is 0 Å². The summed E-state index contributed by atoms with van der Waals surface area (Å²) in [5.41, 5.74) is 0.306. The minimum Gasteiger partial charge on any atom is -0.336 e. The second kappa shape index (κ2) is 7.24. The van der Waals surface area contributed by atoms with Gasteiger partial charge in [0.2, 0.25) is 0 Å². The van der Waals surface area contributed by atoms with Crippen LogP contribution in [-0.4, -0.2) is 62.6 Å². The lowest BCUT2D eigenvalue weighted by atomic mass is 10.2. The van der Waals surface area contributed by atoms with E-state index < -0.39 is 9.84 Å². The van der Waals surface area contributed by atoms with Crippen LogP contribution in [0.2, 0.25) is 0 Å². The van der Waals surface area contributed by atoms with E-state index in [1.54, 1.807) is 29.2 Å². The van der Waals surface area contributed by atoms with Crippen molar-refractivity contribution in [3.8, 4) is 0 Å². The zero-order valence-electron chi connectivity index (χ0n) is 13.3. The first kappa shape index (κ1) is 17.0. The zero-order valence-corrected chi connectivity index (χ0v) is 14.1. The van der Waals surface area contributed by atoms with Crippen LogP contribution in [0.15, 0.2) is 29.2 Å². The third-order valence-electron chi connectivity index (χ3n) is 4.03. The van der Waals surface area contributed by atoms with Gasteiger partial charge in [0.25, 0.3) is 5.91 Å². The first-order valence-corrected chi connectivity index (χ1v) is 9.48. The van der Waals surface area contributed by atoms with Crippen molar-refractivity contribution in [2.75, 3.05) is 38.5 Å². The summed E-state index contributed by atoms with van der Waals surface area (Å²) in [5.74, 6) is -0.105. The van der Waals surface area contributed by atoms with Crippen molar-refractivity contribution in [1.82, 2.24) is 9.80 Å². The lowest BCUT2D eigenvalue weighted by Crippen LogP contribution is -2.48. The number of nitrogens with zero attached hydrogens (tertiary/aromatic N) is 2. The zero-order chi connectivity index (χ0) is 16.2. The van der Waals surface area contributed by atoms with E-state index in [0.29, 0.717) is 25.1 Å². The van der Waals surface area contributed by atoms with Gasteiger partial charge in [0.15, 0.2) is 9.84 Å². The van der Waals surface area contributed by atoms with Crippen LogP contribution in [0.3, 0.4) is 0 Å². The van der Waals surface area contributed by atoms with Gasteiger partial charge in [0.05, 0.1) is 16.2 Å². The summed E-state index contributed by atoms with van der Waals surface area (Å²) in [6.07, 6.45) is 0.542. The third kappa shape index (κ3) is 3.67. The van der Waals surface area contributed by atoms with Gasteiger partial charge in [0, 0.05) is 26.2 Å². The summed E-state index contributed by atoms with van der Waals surface area (Å²) in [6.45, 7) is 7.88. The number of carbonyl (C=O) groups is 1. The number of benzene rings is 1. The lowest BCUT2D eigenvalue weighted by molar-refractivity contribution is 0.0639. The Labute approximate surface area is 132 Å². The van der Waals surface area contributed by atoms with Gasteiger partial charge in [0.1, 0.15) is 0 Å². The molecule has 1 fully saturated rings. The molecule has 5 nitrogen and oxygen atoms in total. The van der Waals surface area contributed by atoms with Gasteiger partial charge in [-0.2, -0.15) is 0 Å². The van der Waals surface area contributed by atoms with Gasteiger partial charge in [-0.05, 0) is 25.1 Å². The molecule has 0 atom stereocenters. The number of hydrogen-bond acceptors (Lipinski definition) is 4. The topological polar surface area (TPSA) is 57.7 Å². The largest absolute Gasteiger partial charge is 0.336 e. The van der Waals surface area contributed by atoms with Crippen LogP contribution in [-0.2, 0) is 9.84 Å². The Morgan fingerprint density at radius 3 is 2.32 bits per heavy atom. The van der Waals surface area contributed by atoms with Gasteiger partial charge in [-0.3, -0.25) is 4.79 Å². The fraction of sp³-hybridized carbons (Fsp3) is 0.562. The number of carbonyl (C=O) groups excluding carboxylic acids is 1. The molecule has 0 aromatic heterocycles. The standard InChI is InChI=1S/C16H24N2O3S/c1-3-13-22(20,21)15-8-6-5-7-14(15)16(19)18-11-9-17(4-2)10-12-18/h5-8H,3-4,9-13H2,1-2H3. The lowest BCUT2D eigenvalue weighted by Gasteiger charge is -2.34. The number of hydrogen-bond donors (Lipinski definition) is 0. The van der Waals surface area contributed by atoms with E-state index in [2.05, 4.69) is 11.8 Å². The summed E-state index contributed by atoms with van der Waals surface area (Å²) >= 11 is 0. The predicted octanol–water partition coefficient (Wildman–Crippen LogP) is 1.65. The van der Waals surface area contributed by atoms with Crippen LogP contribution in [0.25, 0.3) is 0 Å². The van der Waals surface area contributed by atoms with Crippen molar-refractivity contribution in [3.05, 3.63) is 29.8 Å². The molecule has 1 amide bonds. The van der Waals surface area contributed by atoms with Crippen LogP contribution < -0.4 is 0 Å². The second-order valence-electron chi connectivity index (χ2n) is 5.54. The Hall–Kier alpha value is -1.40. The molecule has 0 unspecified atom stereocenters. The number of sulfone groups is 1. The van der Waals surface area contributed by atoms with E-state index in [9.17, 15) is 13.2 Å². The Morgan fingerprint density at radius 2 is 1.73 bits per heavy atom. The predicted molar refractivity (Wildman–Crippen MR) is 86.8 cm³/mol. The van der Waals surface area contributed by atoms with Gasteiger partial charge < -0.3 is 9.80 Å². The molecule has 1 aliphatic heterocycles. The summed E-state index contributed by atoms with van der Waals surface area (Å²) in [4.78, 5) is 16.9. The highest BCUT2D eigenvalue weighted by Crippen LogP contribution is 2.20. The molecule has 0 aliphatic carbocycles. The molecule has 0 bridgehead atoms. The van der Waals surface area contributed by atoms with Crippen molar-refractivity contribution >= 4 is 15.7 Å². The monoisotopic (exact) mass is 324 g/mol. The first-order chi connectivity index (χ1) is 10.5. The number of amides is 1. The first-order valence-electron chi connectivity index (χ1n) is 7.83. The van der Waals surface area contributed by atoms with Crippen LogP contribution >= 0.6 is 0 Å². The molecule has 0 spiro atoms. The van der Waals surface area contributed by atoms with Gasteiger partial charge in [-0.25, -0.2) is 8.42 Å². The maximum Gasteiger partial charge on any atom is 0.255 e. The average molecular weight is 324 g/mol. The molecule has 2 rings (SSSR count). The average Bonchev–Trinajstić information content (AvgIpc) is 2.54. The molecule has 1 aromatic rings. The van der Waals surface area contributed by atoms with Gasteiger partial charge >= 0.3 is 0 Å².